The molecule has 1 aromatic rings. The summed E-state index contributed by atoms with van der Waals surface area (Å²) >= 11 is 0. The Morgan fingerprint density at radius 3 is 2.50 bits per heavy atom. The van der Waals surface area contributed by atoms with Gasteiger partial charge in [0.1, 0.15) is 11.6 Å². The second kappa shape index (κ2) is 9.71. The van der Waals surface area contributed by atoms with Crippen LogP contribution in [0, 0.1) is 11.6 Å². The van der Waals surface area contributed by atoms with Gasteiger partial charge in [0.05, 0.1) is 6.42 Å². The van der Waals surface area contributed by atoms with Gasteiger partial charge in [-0.05, 0) is 25.1 Å². The topological polar surface area (TPSA) is 44.4 Å². The van der Waals surface area contributed by atoms with Crippen LogP contribution in [0.4, 0.5) is 8.78 Å². The summed E-state index contributed by atoms with van der Waals surface area (Å²) in [5.74, 6) is -1.70. The number of carbonyl (C=O) groups excluding carboxylic acids is 1. The van der Waals surface area contributed by atoms with Crippen LogP contribution in [0.25, 0.3) is 0 Å². The van der Waals surface area contributed by atoms with Crippen LogP contribution < -0.4 is 10.6 Å². The molecule has 0 aromatic heterocycles. The Labute approximate surface area is 135 Å². The molecule has 1 saturated heterocycles. The molecule has 0 unspecified atom stereocenters. The average molecular weight is 334 g/mol. The molecule has 2 rings (SSSR count). The molecule has 0 atom stereocenters. The van der Waals surface area contributed by atoms with Crippen molar-refractivity contribution in [2.75, 3.05) is 39.3 Å². The fourth-order valence-corrected chi connectivity index (χ4v) is 2.39. The van der Waals surface area contributed by atoms with Crippen LogP contribution in [0.15, 0.2) is 18.2 Å². The Morgan fingerprint density at radius 1 is 1.23 bits per heavy atom. The number of carbonyl (C=O) groups is 1. The van der Waals surface area contributed by atoms with Crippen molar-refractivity contribution in [3.8, 4) is 0 Å². The molecule has 2 N–H and O–H groups in total. The number of rotatable bonds is 6. The Hall–Kier alpha value is -1.24. The van der Waals surface area contributed by atoms with Crippen LogP contribution in [0.2, 0.25) is 0 Å². The van der Waals surface area contributed by atoms with E-state index in [9.17, 15) is 13.6 Å². The first-order chi connectivity index (χ1) is 10.2. The van der Waals surface area contributed by atoms with E-state index in [1.54, 1.807) is 0 Å². The van der Waals surface area contributed by atoms with Gasteiger partial charge >= 0.3 is 0 Å². The summed E-state index contributed by atoms with van der Waals surface area (Å²) in [4.78, 5) is 14.0. The summed E-state index contributed by atoms with van der Waals surface area (Å²) in [5, 5.41) is 5.99. The van der Waals surface area contributed by atoms with Crippen LogP contribution in [0.1, 0.15) is 12.0 Å². The highest BCUT2D eigenvalue weighted by Gasteiger charge is 2.13. The Bertz CT molecular complexity index is 462. The SMILES string of the molecule is Cl.O=C(Cc1c(F)cccc1F)NCCCN1CCNCC1. The van der Waals surface area contributed by atoms with Crippen LogP contribution >= 0.6 is 12.4 Å². The van der Waals surface area contributed by atoms with Crippen LogP contribution in [-0.4, -0.2) is 50.1 Å². The normalized spacial score (nSPS) is 15.2. The molecule has 0 saturated carbocycles. The fourth-order valence-electron chi connectivity index (χ4n) is 2.39. The lowest BCUT2D eigenvalue weighted by molar-refractivity contribution is -0.120. The van der Waals surface area contributed by atoms with Crippen molar-refractivity contribution < 1.29 is 13.6 Å². The van der Waals surface area contributed by atoms with Crippen molar-refractivity contribution in [2.45, 2.75) is 12.8 Å². The van der Waals surface area contributed by atoms with Gasteiger partial charge in [-0.2, -0.15) is 0 Å². The van der Waals surface area contributed by atoms with E-state index in [-0.39, 0.29) is 30.3 Å². The predicted octanol–water partition coefficient (Wildman–Crippen LogP) is 1.34. The maximum atomic E-state index is 13.4. The zero-order valence-corrected chi connectivity index (χ0v) is 13.2. The third kappa shape index (κ3) is 5.87. The average Bonchev–Trinajstić information content (AvgIpc) is 2.49. The zero-order valence-electron chi connectivity index (χ0n) is 12.4. The number of amides is 1. The summed E-state index contributed by atoms with van der Waals surface area (Å²) in [6.45, 7) is 5.50. The number of nitrogens with one attached hydrogen (secondary N) is 2. The van der Waals surface area contributed by atoms with Crippen molar-refractivity contribution in [2.24, 2.45) is 0 Å². The van der Waals surface area contributed by atoms with Gasteiger partial charge in [0.2, 0.25) is 5.91 Å². The molecule has 0 radical (unpaired) electrons. The summed E-state index contributed by atoms with van der Waals surface area (Å²) in [7, 11) is 0. The summed E-state index contributed by atoms with van der Waals surface area (Å²) in [6, 6.07) is 3.62. The van der Waals surface area contributed by atoms with Gasteiger partial charge in [0.15, 0.2) is 0 Å². The van der Waals surface area contributed by atoms with Crippen molar-refractivity contribution in [1.29, 1.82) is 0 Å². The van der Waals surface area contributed by atoms with Crippen molar-refractivity contribution in [3.63, 3.8) is 0 Å². The minimum absolute atomic E-state index is 0. The molecule has 4 nitrogen and oxygen atoms in total. The van der Waals surface area contributed by atoms with Crippen molar-refractivity contribution in [1.82, 2.24) is 15.5 Å². The minimum Gasteiger partial charge on any atom is -0.356 e. The lowest BCUT2D eigenvalue weighted by Gasteiger charge is -2.27. The molecule has 22 heavy (non-hydrogen) atoms. The summed E-state index contributed by atoms with van der Waals surface area (Å²) in [5.41, 5.74) is -0.169. The summed E-state index contributed by atoms with van der Waals surface area (Å²) < 4.78 is 26.8. The first kappa shape index (κ1) is 18.8. The Kier molecular flexibility index (Phi) is 8.30. The number of hydrogen-bond acceptors (Lipinski definition) is 3. The van der Waals surface area contributed by atoms with E-state index in [1.165, 1.54) is 6.07 Å². The number of piperazine rings is 1. The van der Waals surface area contributed by atoms with E-state index in [4.69, 9.17) is 0 Å². The van der Waals surface area contributed by atoms with Gasteiger partial charge in [-0.3, -0.25) is 4.79 Å². The lowest BCUT2D eigenvalue weighted by Crippen LogP contribution is -2.44. The van der Waals surface area contributed by atoms with Gasteiger partial charge in [-0.15, -0.1) is 12.4 Å². The molecular formula is C15H22ClF2N3O. The molecule has 1 aliphatic heterocycles. The molecular weight excluding hydrogens is 312 g/mol. The van der Waals surface area contributed by atoms with Crippen LogP contribution in [0.5, 0.6) is 0 Å². The lowest BCUT2D eigenvalue weighted by atomic mass is 10.1. The first-order valence-electron chi connectivity index (χ1n) is 7.29. The maximum absolute atomic E-state index is 13.4. The third-order valence-electron chi connectivity index (χ3n) is 3.58. The van der Waals surface area contributed by atoms with E-state index in [0.29, 0.717) is 6.54 Å². The van der Waals surface area contributed by atoms with E-state index >= 15 is 0 Å². The predicted molar refractivity (Wildman–Crippen MR) is 84.2 cm³/mol. The molecule has 0 bridgehead atoms. The molecule has 0 aliphatic carbocycles. The first-order valence-corrected chi connectivity index (χ1v) is 7.29. The maximum Gasteiger partial charge on any atom is 0.224 e. The molecule has 1 amide bonds. The molecule has 0 spiro atoms. The van der Waals surface area contributed by atoms with E-state index < -0.39 is 11.6 Å². The number of hydrogen-bond donors (Lipinski definition) is 2. The molecule has 1 aromatic carbocycles. The molecule has 1 aliphatic rings. The molecule has 7 heteroatoms. The van der Waals surface area contributed by atoms with Crippen molar-refractivity contribution in [3.05, 3.63) is 35.4 Å². The third-order valence-corrected chi connectivity index (χ3v) is 3.58. The van der Waals surface area contributed by atoms with Gasteiger partial charge in [0, 0.05) is 38.3 Å². The number of benzene rings is 1. The van der Waals surface area contributed by atoms with E-state index in [2.05, 4.69) is 15.5 Å². The Morgan fingerprint density at radius 2 is 1.86 bits per heavy atom. The quantitative estimate of drug-likeness (QED) is 0.772. The van der Waals surface area contributed by atoms with Crippen molar-refractivity contribution >= 4 is 18.3 Å². The van der Waals surface area contributed by atoms with Crippen LogP contribution in [-0.2, 0) is 11.2 Å². The smallest absolute Gasteiger partial charge is 0.224 e. The second-order valence-electron chi connectivity index (χ2n) is 5.17. The molecule has 1 heterocycles. The highest BCUT2D eigenvalue weighted by Crippen LogP contribution is 2.12. The van der Waals surface area contributed by atoms with E-state index in [0.717, 1.165) is 51.3 Å². The standard InChI is InChI=1S/C15H21F2N3O.ClH/c16-13-3-1-4-14(17)12(13)11-15(21)19-5-2-8-20-9-6-18-7-10-20;/h1,3-4,18H,2,5-11H2,(H,19,21);1H. The minimum atomic E-state index is -0.675. The largest absolute Gasteiger partial charge is 0.356 e. The fraction of sp³-hybridized carbons (Fsp3) is 0.533. The number of halogens is 3. The monoisotopic (exact) mass is 333 g/mol. The number of nitrogens with zero attached hydrogens (tertiary/aromatic N) is 1. The van der Waals surface area contributed by atoms with Crippen LogP contribution in [0.3, 0.4) is 0 Å². The highest BCUT2D eigenvalue weighted by atomic mass is 35.5. The molecule has 124 valence electrons. The van der Waals surface area contributed by atoms with Gasteiger partial charge in [0.25, 0.3) is 0 Å². The van der Waals surface area contributed by atoms with Gasteiger partial charge in [-0.25, -0.2) is 8.78 Å². The van der Waals surface area contributed by atoms with Gasteiger partial charge < -0.3 is 15.5 Å². The van der Waals surface area contributed by atoms with Gasteiger partial charge in [-0.1, -0.05) is 6.07 Å². The zero-order chi connectivity index (χ0) is 15.1. The van der Waals surface area contributed by atoms with E-state index in [1.807, 2.05) is 0 Å². The second-order valence-corrected chi connectivity index (χ2v) is 5.17. The highest BCUT2D eigenvalue weighted by molar-refractivity contribution is 5.85. The summed E-state index contributed by atoms with van der Waals surface area (Å²) in [6.07, 6.45) is 0.581. The molecule has 1 fully saturated rings. The Balaban J connectivity index is 0.00000242.